The molecular formula is C21H25BrN2O2S. The summed E-state index contributed by atoms with van der Waals surface area (Å²) in [5.41, 5.74) is 2.52. The molecule has 1 heterocycles. The van der Waals surface area contributed by atoms with Crippen molar-refractivity contribution in [3.8, 4) is 5.75 Å². The van der Waals surface area contributed by atoms with Crippen molar-refractivity contribution in [1.29, 1.82) is 0 Å². The molecular weight excluding hydrogens is 424 g/mol. The van der Waals surface area contributed by atoms with Gasteiger partial charge in [0.1, 0.15) is 5.75 Å². The molecule has 1 amide bonds. The molecule has 0 saturated carbocycles. The Hall–Kier alpha value is -1.50. The molecule has 0 atom stereocenters. The van der Waals surface area contributed by atoms with Crippen molar-refractivity contribution in [1.82, 2.24) is 9.80 Å². The minimum Gasteiger partial charge on any atom is -0.496 e. The number of rotatable bonds is 6. The summed E-state index contributed by atoms with van der Waals surface area (Å²) < 4.78 is 6.56. The molecule has 2 aromatic carbocycles. The third-order valence-corrected chi connectivity index (χ3v) is 6.47. The second kappa shape index (κ2) is 9.62. The first-order valence-corrected chi connectivity index (χ1v) is 10.9. The van der Waals surface area contributed by atoms with E-state index in [1.807, 2.05) is 28.8 Å². The maximum absolute atomic E-state index is 11.5. The first-order valence-electron chi connectivity index (χ1n) is 9.08. The Bertz CT molecular complexity index is 792. The number of benzene rings is 2. The Balaban J connectivity index is 1.65. The zero-order valence-electron chi connectivity index (χ0n) is 15.8. The van der Waals surface area contributed by atoms with Crippen LogP contribution in [0.5, 0.6) is 5.75 Å². The molecule has 4 nitrogen and oxygen atoms in total. The zero-order valence-corrected chi connectivity index (χ0v) is 18.2. The first kappa shape index (κ1) is 20.2. The van der Waals surface area contributed by atoms with Crippen LogP contribution in [0.3, 0.4) is 0 Å². The molecule has 0 N–H and O–H groups in total. The molecule has 0 radical (unpaired) electrons. The van der Waals surface area contributed by atoms with Crippen LogP contribution in [0.2, 0.25) is 0 Å². The number of thioether (sulfide) groups is 1. The van der Waals surface area contributed by atoms with Gasteiger partial charge in [0.15, 0.2) is 0 Å². The number of methoxy groups -OCH3 is 1. The van der Waals surface area contributed by atoms with E-state index in [0.29, 0.717) is 0 Å². The van der Waals surface area contributed by atoms with Crippen molar-refractivity contribution in [2.24, 2.45) is 0 Å². The molecule has 1 aliphatic heterocycles. The quantitative estimate of drug-likeness (QED) is 0.612. The van der Waals surface area contributed by atoms with Gasteiger partial charge in [-0.05, 0) is 29.8 Å². The van der Waals surface area contributed by atoms with E-state index in [9.17, 15) is 4.79 Å². The predicted octanol–water partition coefficient (Wildman–Crippen LogP) is 4.41. The Kier molecular flexibility index (Phi) is 7.21. The van der Waals surface area contributed by atoms with Gasteiger partial charge in [-0.1, -0.05) is 34.1 Å². The molecule has 144 valence electrons. The second-order valence-electron chi connectivity index (χ2n) is 6.63. The van der Waals surface area contributed by atoms with Gasteiger partial charge in [0.05, 0.1) is 7.11 Å². The normalized spacial score (nSPS) is 15.0. The van der Waals surface area contributed by atoms with Crippen LogP contribution >= 0.6 is 27.7 Å². The van der Waals surface area contributed by atoms with Gasteiger partial charge in [0, 0.05) is 60.3 Å². The summed E-state index contributed by atoms with van der Waals surface area (Å²) in [6.45, 7) is 6.07. The highest BCUT2D eigenvalue weighted by Gasteiger charge is 2.19. The predicted molar refractivity (Wildman–Crippen MR) is 114 cm³/mol. The van der Waals surface area contributed by atoms with E-state index in [4.69, 9.17) is 4.74 Å². The third-order valence-electron chi connectivity index (χ3n) is 4.81. The molecule has 1 fully saturated rings. The van der Waals surface area contributed by atoms with E-state index in [0.717, 1.165) is 48.7 Å². The van der Waals surface area contributed by atoms with Crippen LogP contribution < -0.4 is 4.74 Å². The SMILES string of the molecule is COc1ccc(Br)cc1CSc1ccccc1CN1CCN(C(C)=O)CC1. The van der Waals surface area contributed by atoms with E-state index in [1.54, 1.807) is 14.0 Å². The van der Waals surface area contributed by atoms with Crippen LogP contribution in [0.15, 0.2) is 51.8 Å². The highest BCUT2D eigenvalue weighted by atomic mass is 79.9. The fraction of sp³-hybridized carbons (Fsp3) is 0.381. The molecule has 2 aromatic rings. The van der Waals surface area contributed by atoms with E-state index in [1.165, 1.54) is 16.0 Å². The Morgan fingerprint density at radius 1 is 1.11 bits per heavy atom. The van der Waals surface area contributed by atoms with Gasteiger partial charge in [0.2, 0.25) is 5.91 Å². The lowest BCUT2D eigenvalue weighted by Gasteiger charge is -2.34. The molecule has 1 saturated heterocycles. The Morgan fingerprint density at radius 3 is 2.56 bits per heavy atom. The largest absolute Gasteiger partial charge is 0.496 e. The number of nitrogens with zero attached hydrogens (tertiary/aromatic N) is 2. The summed E-state index contributed by atoms with van der Waals surface area (Å²) in [5.74, 6) is 1.95. The van der Waals surface area contributed by atoms with Crippen molar-refractivity contribution >= 4 is 33.6 Å². The molecule has 0 aliphatic carbocycles. The first-order chi connectivity index (χ1) is 13.1. The standard InChI is InChI=1S/C21H25BrN2O2S/c1-16(25)24-11-9-23(10-12-24)14-17-5-3-4-6-21(17)27-15-18-13-19(22)7-8-20(18)26-2/h3-8,13H,9-12,14-15H2,1-2H3. The third kappa shape index (κ3) is 5.50. The molecule has 6 heteroatoms. The Labute approximate surface area is 174 Å². The van der Waals surface area contributed by atoms with Crippen LogP contribution in [-0.4, -0.2) is 49.0 Å². The monoisotopic (exact) mass is 448 g/mol. The molecule has 3 rings (SSSR count). The van der Waals surface area contributed by atoms with Crippen molar-refractivity contribution < 1.29 is 9.53 Å². The summed E-state index contributed by atoms with van der Waals surface area (Å²) >= 11 is 5.39. The number of piperazine rings is 1. The summed E-state index contributed by atoms with van der Waals surface area (Å²) in [7, 11) is 1.71. The van der Waals surface area contributed by atoms with Crippen LogP contribution in [0, 0.1) is 0 Å². The number of carbonyl (C=O) groups excluding carboxylic acids is 1. The number of hydrogen-bond donors (Lipinski definition) is 0. The average Bonchev–Trinajstić information content (AvgIpc) is 2.68. The topological polar surface area (TPSA) is 32.8 Å². The summed E-state index contributed by atoms with van der Waals surface area (Å²) in [6.07, 6.45) is 0. The lowest BCUT2D eigenvalue weighted by Crippen LogP contribution is -2.47. The maximum Gasteiger partial charge on any atom is 0.219 e. The van der Waals surface area contributed by atoms with Gasteiger partial charge in [-0.2, -0.15) is 0 Å². The van der Waals surface area contributed by atoms with Crippen LogP contribution in [0.4, 0.5) is 0 Å². The molecule has 0 spiro atoms. The fourth-order valence-electron chi connectivity index (χ4n) is 3.25. The minimum absolute atomic E-state index is 0.175. The zero-order chi connectivity index (χ0) is 19.2. The highest BCUT2D eigenvalue weighted by Crippen LogP contribution is 2.32. The van der Waals surface area contributed by atoms with Gasteiger partial charge >= 0.3 is 0 Å². The summed E-state index contributed by atoms with van der Waals surface area (Å²) in [6, 6.07) is 14.7. The molecule has 27 heavy (non-hydrogen) atoms. The lowest BCUT2D eigenvalue weighted by atomic mass is 10.2. The Morgan fingerprint density at radius 2 is 1.85 bits per heavy atom. The van der Waals surface area contributed by atoms with Gasteiger partial charge in [-0.25, -0.2) is 0 Å². The molecule has 1 aliphatic rings. The van der Waals surface area contributed by atoms with E-state index < -0.39 is 0 Å². The summed E-state index contributed by atoms with van der Waals surface area (Å²) in [5, 5.41) is 0. The van der Waals surface area contributed by atoms with Gasteiger partial charge < -0.3 is 9.64 Å². The van der Waals surface area contributed by atoms with E-state index in [-0.39, 0.29) is 5.91 Å². The lowest BCUT2D eigenvalue weighted by molar-refractivity contribution is -0.130. The van der Waals surface area contributed by atoms with E-state index in [2.05, 4.69) is 51.2 Å². The highest BCUT2D eigenvalue weighted by molar-refractivity contribution is 9.10. The molecule has 0 aromatic heterocycles. The van der Waals surface area contributed by atoms with Crippen molar-refractivity contribution in [3.05, 3.63) is 58.1 Å². The summed E-state index contributed by atoms with van der Waals surface area (Å²) in [4.78, 5) is 17.2. The maximum atomic E-state index is 11.5. The number of halogens is 1. The fourth-order valence-corrected chi connectivity index (χ4v) is 4.69. The van der Waals surface area contributed by atoms with Crippen LogP contribution in [-0.2, 0) is 17.1 Å². The number of carbonyl (C=O) groups is 1. The van der Waals surface area contributed by atoms with Crippen LogP contribution in [0.1, 0.15) is 18.1 Å². The van der Waals surface area contributed by atoms with E-state index >= 15 is 0 Å². The molecule has 0 bridgehead atoms. The smallest absolute Gasteiger partial charge is 0.219 e. The van der Waals surface area contributed by atoms with Crippen molar-refractivity contribution in [3.63, 3.8) is 0 Å². The number of hydrogen-bond acceptors (Lipinski definition) is 4. The number of ether oxygens (including phenoxy) is 1. The molecule has 0 unspecified atom stereocenters. The second-order valence-corrected chi connectivity index (χ2v) is 8.57. The van der Waals surface area contributed by atoms with Gasteiger partial charge in [-0.15, -0.1) is 11.8 Å². The van der Waals surface area contributed by atoms with Crippen LogP contribution in [0.25, 0.3) is 0 Å². The number of amides is 1. The average molecular weight is 449 g/mol. The van der Waals surface area contributed by atoms with Crippen molar-refractivity contribution in [2.75, 3.05) is 33.3 Å². The minimum atomic E-state index is 0.175. The van der Waals surface area contributed by atoms with Gasteiger partial charge in [-0.3, -0.25) is 9.69 Å². The van der Waals surface area contributed by atoms with Gasteiger partial charge in [0.25, 0.3) is 0 Å². The van der Waals surface area contributed by atoms with Crippen molar-refractivity contribution in [2.45, 2.75) is 24.1 Å².